The van der Waals surface area contributed by atoms with Crippen molar-refractivity contribution in [1.29, 1.82) is 0 Å². The van der Waals surface area contributed by atoms with Crippen LogP contribution in [0.15, 0.2) is 48.7 Å². The Hall–Kier alpha value is -3.34. The third kappa shape index (κ3) is 4.26. The number of alkyl halides is 3. The minimum atomic E-state index is -4.49. The van der Waals surface area contributed by atoms with Gasteiger partial charge in [-0.2, -0.15) is 13.2 Å². The summed E-state index contributed by atoms with van der Waals surface area (Å²) in [6, 6.07) is 10.1. The first kappa shape index (κ1) is 20.9. The highest BCUT2D eigenvalue weighted by Crippen LogP contribution is 2.38. The number of nitrogens with zero attached hydrogens (tertiary/aromatic N) is 3. The third-order valence-electron chi connectivity index (χ3n) is 4.60. The number of methoxy groups -OCH3 is 1. The highest BCUT2D eigenvalue weighted by atomic mass is 32.2. The number of carbonyl (C=O) groups excluding carboxylic acids is 2. The van der Waals surface area contributed by atoms with Crippen molar-refractivity contribution in [3.05, 3.63) is 65.6 Å². The summed E-state index contributed by atoms with van der Waals surface area (Å²) >= 11 is 1.34. The highest BCUT2D eigenvalue weighted by molar-refractivity contribution is 8.00. The van der Waals surface area contributed by atoms with Gasteiger partial charge >= 0.3 is 12.1 Å². The highest BCUT2D eigenvalue weighted by Gasteiger charge is 2.35. The summed E-state index contributed by atoms with van der Waals surface area (Å²) in [4.78, 5) is 32.9. The van der Waals surface area contributed by atoms with E-state index < -0.39 is 23.0 Å². The van der Waals surface area contributed by atoms with Gasteiger partial charge in [0, 0.05) is 11.6 Å². The Morgan fingerprint density at radius 1 is 1.23 bits per heavy atom. The number of amides is 2. The summed E-state index contributed by atoms with van der Waals surface area (Å²) in [6.45, 7) is 0. The maximum atomic E-state index is 12.9. The average molecular weight is 448 g/mol. The summed E-state index contributed by atoms with van der Waals surface area (Å²) < 4.78 is 43.7. The van der Waals surface area contributed by atoms with Crippen molar-refractivity contribution in [2.45, 2.75) is 11.6 Å². The summed E-state index contributed by atoms with van der Waals surface area (Å²) in [5.74, 6) is -0.459. The van der Waals surface area contributed by atoms with Crippen LogP contribution < -0.4 is 10.2 Å². The first-order chi connectivity index (χ1) is 14.8. The van der Waals surface area contributed by atoms with Crippen molar-refractivity contribution >= 4 is 34.5 Å². The number of hydrogen-bond donors (Lipinski definition) is 1. The van der Waals surface area contributed by atoms with E-state index in [-0.39, 0.29) is 28.4 Å². The van der Waals surface area contributed by atoms with E-state index in [2.05, 4.69) is 15.4 Å². The largest absolute Gasteiger partial charge is 0.497 e. The molecule has 0 radical (unpaired) electrons. The fraction of sp³-hybridized carbons (Fsp3) is 0.200. The molecule has 31 heavy (non-hydrogen) atoms. The van der Waals surface area contributed by atoms with Crippen molar-refractivity contribution in [3.63, 3.8) is 0 Å². The predicted molar refractivity (Wildman–Crippen MR) is 107 cm³/mol. The molecule has 2 aromatic carbocycles. The Labute approximate surface area is 178 Å². The van der Waals surface area contributed by atoms with Gasteiger partial charge in [-0.05, 0) is 35.9 Å². The van der Waals surface area contributed by atoms with Gasteiger partial charge in [0.05, 0.1) is 23.9 Å². The Bertz CT molecular complexity index is 1150. The normalized spacial score (nSPS) is 16.6. The van der Waals surface area contributed by atoms with Crippen LogP contribution in [0.1, 0.15) is 27.1 Å². The minimum absolute atomic E-state index is 0.148. The molecule has 0 spiro atoms. The van der Waals surface area contributed by atoms with Gasteiger partial charge in [-0.1, -0.05) is 12.1 Å². The molecule has 1 N–H and O–H groups in total. The maximum absolute atomic E-state index is 12.9. The number of fused-ring (bicyclic) bond motifs is 1. The Morgan fingerprint density at radius 3 is 2.65 bits per heavy atom. The number of ether oxygens (including phenoxy) is 1. The van der Waals surface area contributed by atoms with E-state index in [0.29, 0.717) is 5.75 Å². The van der Waals surface area contributed by atoms with Gasteiger partial charge < -0.3 is 4.74 Å². The van der Waals surface area contributed by atoms with Crippen LogP contribution in [0.3, 0.4) is 0 Å². The van der Waals surface area contributed by atoms with Gasteiger partial charge in [-0.3, -0.25) is 15.0 Å². The van der Waals surface area contributed by atoms with Gasteiger partial charge in [0.25, 0.3) is 5.91 Å². The molecule has 2 heterocycles. The van der Waals surface area contributed by atoms with E-state index >= 15 is 0 Å². The fourth-order valence-electron chi connectivity index (χ4n) is 3.04. The molecule has 1 aliphatic rings. The first-order valence-corrected chi connectivity index (χ1v) is 10.0. The second-order valence-electron chi connectivity index (χ2n) is 6.61. The molecule has 160 valence electrons. The molecule has 1 fully saturated rings. The molecule has 1 saturated heterocycles. The van der Waals surface area contributed by atoms with E-state index in [9.17, 15) is 22.8 Å². The maximum Gasteiger partial charge on any atom is 0.416 e. The number of hydrazine groups is 1. The zero-order valence-electron chi connectivity index (χ0n) is 16.0. The first-order valence-electron chi connectivity index (χ1n) is 8.99. The summed E-state index contributed by atoms with van der Waals surface area (Å²) in [5, 5.41) is 0.905. The van der Waals surface area contributed by atoms with Crippen LogP contribution in [-0.4, -0.2) is 39.7 Å². The number of carbonyl (C=O) groups is 2. The molecule has 2 amide bonds. The molecule has 11 heteroatoms. The lowest BCUT2D eigenvalue weighted by atomic mass is 10.1. The molecule has 1 aromatic heterocycles. The van der Waals surface area contributed by atoms with Gasteiger partial charge in [0.1, 0.15) is 11.1 Å². The molecule has 1 aliphatic heterocycles. The third-order valence-corrected chi connectivity index (χ3v) is 5.81. The second-order valence-corrected chi connectivity index (χ2v) is 7.67. The van der Waals surface area contributed by atoms with Crippen LogP contribution in [0.4, 0.5) is 13.2 Å². The van der Waals surface area contributed by atoms with E-state index in [1.807, 2.05) is 0 Å². The van der Waals surface area contributed by atoms with Crippen molar-refractivity contribution in [2.75, 3.05) is 12.9 Å². The Kier molecular flexibility index (Phi) is 5.44. The topological polar surface area (TPSA) is 84.4 Å². The zero-order valence-corrected chi connectivity index (χ0v) is 16.8. The Morgan fingerprint density at radius 2 is 1.97 bits per heavy atom. The molecular weight excluding hydrogens is 433 g/mol. The molecule has 1 unspecified atom stereocenters. The summed E-state index contributed by atoms with van der Waals surface area (Å²) in [5.41, 5.74) is 2.65. The van der Waals surface area contributed by atoms with Gasteiger partial charge in [-0.25, -0.2) is 15.0 Å². The van der Waals surface area contributed by atoms with E-state index in [1.54, 1.807) is 31.4 Å². The number of halogens is 3. The van der Waals surface area contributed by atoms with Crippen LogP contribution in [0.25, 0.3) is 10.9 Å². The molecule has 7 nitrogen and oxygen atoms in total. The van der Waals surface area contributed by atoms with Crippen molar-refractivity contribution in [2.24, 2.45) is 0 Å². The zero-order chi connectivity index (χ0) is 22.2. The summed E-state index contributed by atoms with van der Waals surface area (Å²) in [7, 11) is 1.54. The van der Waals surface area contributed by atoms with Crippen molar-refractivity contribution in [3.8, 4) is 5.75 Å². The average Bonchev–Trinajstić information content (AvgIpc) is 3.12. The number of rotatable bonds is 4. The molecule has 0 bridgehead atoms. The van der Waals surface area contributed by atoms with E-state index in [1.165, 1.54) is 22.8 Å². The van der Waals surface area contributed by atoms with Crippen LogP contribution in [0, 0.1) is 0 Å². The minimum Gasteiger partial charge on any atom is -0.497 e. The molecule has 1 atom stereocenters. The van der Waals surface area contributed by atoms with Crippen molar-refractivity contribution in [1.82, 2.24) is 20.4 Å². The molecular formula is C20H15F3N4O3S. The molecule has 3 aromatic rings. The second kappa shape index (κ2) is 8.06. The smallest absolute Gasteiger partial charge is 0.416 e. The number of aromatic nitrogens is 2. The van der Waals surface area contributed by atoms with E-state index in [4.69, 9.17) is 4.74 Å². The molecule has 0 saturated carbocycles. The van der Waals surface area contributed by atoms with Gasteiger partial charge in [0.15, 0.2) is 0 Å². The fourth-order valence-corrected chi connectivity index (χ4v) is 4.15. The lowest BCUT2D eigenvalue weighted by Crippen LogP contribution is -2.45. The van der Waals surface area contributed by atoms with Crippen LogP contribution in [0.5, 0.6) is 5.75 Å². The van der Waals surface area contributed by atoms with Gasteiger partial charge in [-0.15, -0.1) is 11.8 Å². The monoisotopic (exact) mass is 448 g/mol. The van der Waals surface area contributed by atoms with Crippen LogP contribution in [0.2, 0.25) is 0 Å². The molecule has 4 rings (SSSR count). The van der Waals surface area contributed by atoms with Crippen molar-refractivity contribution < 1.29 is 27.5 Å². The number of benzene rings is 2. The predicted octanol–water partition coefficient (Wildman–Crippen LogP) is 3.58. The molecule has 0 aliphatic carbocycles. The van der Waals surface area contributed by atoms with Crippen LogP contribution >= 0.6 is 11.8 Å². The SMILES string of the molecule is COc1ccc(C2SCC(=O)N2NC(=O)c2ncc3cc(C(F)(F)F)ccc3n2)cc1. The number of hydrogen-bond acceptors (Lipinski definition) is 6. The number of nitrogens with one attached hydrogen (secondary N) is 1. The number of thioether (sulfide) groups is 1. The Balaban J connectivity index is 1.55. The quantitative estimate of drug-likeness (QED) is 0.657. The van der Waals surface area contributed by atoms with Gasteiger partial charge in [0.2, 0.25) is 5.82 Å². The summed E-state index contributed by atoms with van der Waals surface area (Å²) in [6.07, 6.45) is -3.34. The lowest BCUT2D eigenvalue weighted by Gasteiger charge is -2.24. The lowest BCUT2D eigenvalue weighted by molar-refractivity contribution is -0.137. The van der Waals surface area contributed by atoms with E-state index in [0.717, 1.165) is 23.9 Å². The standard InChI is InChI=1S/C20H15F3N4O3S/c1-30-14-5-2-11(3-6-14)19-27(16(28)10-31-19)26-18(29)17-24-9-12-8-13(20(21,22)23)4-7-15(12)25-17/h2-9,19H,10H2,1H3,(H,26,29). The van der Waals surface area contributed by atoms with Crippen LogP contribution in [-0.2, 0) is 11.0 Å².